The molecule has 4 aliphatic rings. The Balaban J connectivity index is 1.78. The zero-order valence-corrected chi connectivity index (χ0v) is 16.3. The molecular formula is C22H28F2O4. The van der Waals surface area contributed by atoms with Crippen molar-refractivity contribution in [3.63, 3.8) is 0 Å². The molecule has 3 saturated carbocycles. The van der Waals surface area contributed by atoms with Crippen LogP contribution in [0, 0.1) is 34.5 Å². The predicted molar refractivity (Wildman–Crippen MR) is 98.8 cm³/mol. The SMILES string of the molecule is C[C@@]12CC[C@@]3(F)C(C[C@H](F)C4=CC(=O)C=C[C@@]43C)C1C[C@@H](CO)C2C(O)C=O. The summed E-state index contributed by atoms with van der Waals surface area (Å²) in [6.07, 6.45) is 3.04. The van der Waals surface area contributed by atoms with E-state index in [0.29, 0.717) is 19.1 Å². The summed E-state index contributed by atoms with van der Waals surface area (Å²) in [4.78, 5) is 23.1. The summed E-state index contributed by atoms with van der Waals surface area (Å²) in [6.45, 7) is 3.44. The summed E-state index contributed by atoms with van der Waals surface area (Å²) in [5, 5.41) is 20.2. The maximum Gasteiger partial charge on any atom is 0.178 e. The summed E-state index contributed by atoms with van der Waals surface area (Å²) in [7, 11) is 0. The largest absolute Gasteiger partial charge is 0.396 e. The number of hydrogen-bond donors (Lipinski definition) is 2. The second-order valence-corrected chi connectivity index (χ2v) is 9.65. The summed E-state index contributed by atoms with van der Waals surface area (Å²) in [5.74, 6) is -1.93. The first-order valence-corrected chi connectivity index (χ1v) is 10.1. The highest BCUT2D eigenvalue weighted by Crippen LogP contribution is 2.70. The van der Waals surface area contributed by atoms with Crippen LogP contribution in [-0.4, -0.2) is 46.8 Å². The van der Waals surface area contributed by atoms with Crippen LogP contribution in [0.4, 0.5) is 8.78 Å². The van der Waals surface area contributed by atoms with Gasteiger partial charge in [-0.3, -0.25) is 4.79 Å². The zero-order chi connectivity index (χ0) is 20.5. The number of carbonyl (C=O) groups excluding carboxylic acids is 2. The molecule has 154 valence electrons. The lowest BCUT2D eigenvalue weighted by Crippen LogP contribution is -2.62. The Bertz CT molecular complexity index is 764. The molecule has 4 unspecified atom stereocenters. The van der Waals surface area contributed by atoms with Gasteiger partial charge in [-0.05, 0) is 67.6 Å². The van der Waals surface area contributed by atoms with Crippen LogP contribution in [0.3, 0.4) is 0 Å². The molecule has 0 spiro atoms. The van der Waals surface area contributed by atoms with Gasteiger partial charge >= 0.3 is 0 Å². The van der Waals surface area contributed by atoms with E-state index in [-0.39, 0.29) is 42.6 Å². The molecule has 28 heavy (non-hydrogen) atoms. The van der Waals surface area contributed by atoms with Crippen molar-refractivity contribution in [1.29, 1.82) is 0 Å². The van der Waals surface area contributed by atoms with Gasteiger partial charge in [0.25, 0.3) is 0 Å². The molecule has 4 nitrogen and oxygen atoms in total. The molecule has 0 aromatic heterocycles. The number of ketones is 1. The Kier molecular flexibility index (Phi) is 4.47. The summed E-state index contributed by atoms with van der Waals surface area (Å²) in [5.41, 5.74) is -3.20. The number of aliphatic hydroxyl groups is 2. The third-order valence-electron chi connectivity index (χ3n) is 8.66. The normalized spacial score (nSPS) is 51.0. The van der Waals surface area contributed by atoms with Gasteiger partial charge in [0.1, 0.15) is 24.2 Å². The number of fused-ring (bicyclic) bond motifs is 5. The molecule has 3 fully saturated rings. The maximum absolute atomic E-state index is 16.7. The number of halogens is 2. The number of aliphatic hydroxyl groups excluding tert-OH is 2. The van der Waals surface area contributed by atoms with Gasteiger partial charge in [-0.1, -0.05) is 13.0 Å². The van der Waals surface area contributed by atoms with Crippen molar-refractivity contribution in [3.05, 3.63) is 23.8 Å². The molecule has 0 aromatic rings. The van der Waals surface area contributed by atoms with Gasteiger partial charge in [0.2, 0.25) is 0 Å². The standard InChI is InChI=1S/C22H28F2O4/c1-20-5-6-22(24)15(14(20)7-12(10-25)19(20)18(28)11-26)9-17(23)16-8-13(27)3-4-21(16,22)2/h3-4,8,11-12,14-15,17-19,25,28H,5-7,9-10H2,1-2H3/t12-,14?,15?,17-,18?,19?,20+,21-,22+/m0/s1. The summed E-state index contributed by atoms with van der Waals surface area (Å²) < 4.78 is 31.9. The van der Waals surface area contributed by atoms with E-state index in [2.05, 4.69) is 0 Å². The minimum absolute atomic E-state index is 0.0125. The summed E-state index contributed by atoms with van der Waals surface area (Å²) >= 11 is 0. The van der Waals surface area contributed by atoms with Crippen molar-refractivity contribution in [2.75, 3.05) is 6.61 Å². The van der Waals surface area contributed by atoms with Crippen LogP contribution in [-0.2, 0) is 9.59 Å². The van der Waals surface area contributed by atoms with Crippen LogP contribution in [0.1, 0.15) is 39.5 Å². The fourth-order valence-electron chi connectivity index (χ4n) is 7.24. The highest BCUT2D eigenvalue weighted by molar-refractivity contribution is 6.01. The molecule has 9 atom stereocenters. The molecule has 0 heterocycles. The third kappa shape index (κ3) is 2.34. The quantitative estimate of drug-likeness (QED) is 0.722. The van der Waals surface area contributed by atoms with Crippen molar-refractivity contribution in [2.24, 2.45) is 34.5 Å². The van der Waals surface area contributed by atoms with Crippen LogP contribution in [0.15, 0.2) is 23.8 Å². The average molecular weight is 394 g/mol. The molecule has 0 bridgehead atoms. The van der Waals surface area contributed by atoms with Crippen LogP contribution >= 0.6 is 0 Å². The number of allylic oxidation sites excluding steroid dienone is 4. The van der Waals surface area contributed by atoms with Gasteiger partial charge in [0.15, 0.2) is 5.78 Å². The number of aldehydes is 1. The van der Waals surface area contributed by atoms with Crippen molar-refractivity contribution in [1.82, 2.24) is 0 Å². The van der Waals surface area contributed by atoms with Crippen LogP contribution in [0.5, 0.6) is 0 Å². The smallest absolute Gasteiger partial charge is 0.178 e. The highest BCUT2D eigenvalue weighted by atomic mass is 19.1. The lowest BCUT2D eigenvalue weighted by Gasteiger charge is -2.61. The van der Waals surface area contributed by atoms with Crippen molar-refractivity contribution in [2.45, 2.75) is 57.5 Å². The van der Waals surface area contributed by atoms with E-state index in [1.165, 1.54) is 18.2 Å². The molecule has 0 radical (unpaired) electrons. The minimum atomic E-state index is -1.70. The highest BCUT2D eigenvalue weighted by Gasteiger charge is 2.70. The zero-order valence-electron chi connectivity index (χ0n) is 16.3. The predicted octanol–water partition coefficient (Wildman–Crippen LogP) is 2.73. The topological polar surface area (TPSA) is 74.6 Å². The average Bonchev–Trinajstić information content (AvgIpc) is 2.97. The van der Waals surface area contributed by atoms with Crippen LogP contribution < -0.4 is 0 Å². The van der Waals surface area contributed by atoms with Gasteiger partial charge < -0.3 is 15.0 Å². The van der Waals surface area contributed by atoms with E-state index < -0.39 is 40.6 Å². The molecule has 0 aromatic carbocycles. The Morgan fingerprint density at radius 3 is 2.64 bits per heavy atom. The summed E-state index contributed by atoms with van der Waals surface area (Å²) in [6, 6.07) is 0. The monoisotopic (exact) mass is 394 g/mol. The Morgan fingerprint density at radius 1 is 1.29 bits per heavy atom. The van der Waals surface area contributed by atoms with Crippen LogP contribution in [0.25, 0.3) is 0 Å². The second kappa shape index (κ2) is 6.30. The number of rotatable bonds is 3. The molecule has 0 aliphatic heterocycles. The first kappa shape index (κ1) is 19.9. The fraction of sp³-hybridized carbons (Fsp3) is 0.727. The Morgan fingerprint density at radius 2 is 2.00 bits per heavy atom. The van der Waals surface area contributed by atoms with Gasteiger partial charge in [-0.2, -0.15) is 0 Å². The van der Waals surface area contributed by atoms with E-state index in [4.69, 9.17) is 0 Å². The number of alkyl halides is 2. The molecule has 0 amide bonds. The van der Waals surface area contributed by atoms with Gasteiger partial charge in [-0.15, -0.1) is 0 Å². The van der Waals surface area contributed by atoms with E-state index in [0.717, 1.165) is 0 Å². The van der Waals surface area contributed by atoms with Crippen molar-refractivity contribution >= 4 is 12.1 Å². The molecule has 6 heteroatoms. The second-order valence-electron chi connectivity index (χ2n) is 9.65. The van der Waals surface area contributed by atoms with E-state index in [1.54, 1.807) is 6.92 Å². The number of carbonyl (C=O) groups is 2. The molecule has 4 rings (SSSR count). The lowest BCUT2D eigenvalue weighted by atomic mass is 9.45. The van der Waals surface area contributed by atoms with Crippen molar-refractivity contribution < 1.29 is 28.6 Å². The maximum atomic E-state index is 16.7. The first-order valence-electron chi connectivity index (χ1n) is 10.1. The van der Waals surface area contributed by atoms with Gasteiger partial charge in [-0.25, -0.2) is 8.78 Å². The van der Waals surface area contributed by atoms with E-state index in [1.807, 2.05) is 6.92 Å². The lowest BCUT2D eigenvalue weighted by molar-refractivity contribution is -0.148. The minimum Gasteiger partial charge on any atom is -0.396 e. The van der Waals surface area contributed by atoms with Crippen LogP contribution in [0.2, 0.25) is 0 Å². The Hall–Kier alpha value is -1.40. The fourth-order valence-corrected chi connectivity index (χ4v) is 7.24. The Labute approximate surface area is 163 Å². The molecule has 2 N–H and O–H groups in total. The van der Waals surface area contributed by atoms with E-state index >= 15 is 8.78 Å². The number of hydrogen-bond acceptors (Lipinski definition) is 4. The molecule has 0 saturated heterocycles. The third-order valence-corrected chi connectivity index (χ3v) is 8.66. The first-order chi connectivity index (χ1) is 13.1. The van der Waals surface area contributed by atoms with Gasteiger partial charge in [0, 0.05) is 23.9 Å². The molecular weight excluding hydrogens is 366 g/mol. The molecule has 4 aliphatic carbocycles. The van der Waals surface area contributed by atoms with Gasteiger partial charge in [0.05, 0.1) is 0 Å². The van der Waals surface area contributed by atoms with Crippen molar-refractivity contribution in [3.8, 4) is 0 Å². The van der Waals surface area contributed by atoms with E-state index in [9.17, 15) is 19.8 Å².